The van der Waals surface area contributed by atoms with E-state index in [9.17, 15) is 4.79 Å². The Bertz CT molecular complexity index is 414. The Hall–Kier alpha value is -1.15. The van der Waals surface area contributed by atoms with Crippen LogP contribution in [0.25, 0.3) is 0 Å². The second-order valence-corrected chi connectivity index (χ2v) is 5.37. The van der Waals surface area contributed by atoms with Crippen LogP contribution in [0.1, 0.15) is 13.8 Å². The van der Waals surface area contributed by atoms with E-state index in [0.717, 1.165) is 0 Å². The van der Waals surface area contributed by atoms with Gasteiger partial charge < -0.3 is 9.64 Å². The van der Waals surface area contributed by atoms with Gasteiger partial charge in [0.15, 0.2) is 0 Å². The van der Waals surface area contributed by atoms with Gasteiger partial charge >= 0.3 is 0 Å². The number of thioether (sulfide) groups is 1. The molecule has 0 N–H and O–H groups in total. The third-order valence-corrected chi connectivity index (χ3v) is 3.67. The number of hydrogen-bond acceptors (Lipinski definition) is 6. The molecule has 0 aromatic carbocycles. The van der Waals surface area contributed by atoms with Crippen molar-refractivity contribution >= 4 is 17.7 Å². The molecule has 1 aliphatic heterocycles. The highest BCUT2D eigenvalue weighted by Crippen LogP contribution is 2.16. The number of carbonyl (C=O) groups excluding carboxylic acids is 1. The normalized spacial score (nSPS) is 24.3. The lowest BCUT2D eigenvalue weighted by Gasteiger charge is -2.35. The molecule has 0 saturated carbocycles. The molecule has 0 spiro atoms. The molecule has 1 saturated heterocycles. The lowest BCUT2D eigenvalue weighted by atomic mass is 10.2. The minimum Gasteiger partial charge on any atom is -0.372 e. The molecule has 0 radical (unpaired) electrons. The van der Waals surface area contributed by atoms with E-state index < -0.39 is 0 Å². The lowest BCUT2D eigenvalue weighted by molar-refractivity contribution is -0.140. The molecule has 8 heteroatoms. The molecule has 1 fully saturated rings. The number of rotatable bonds is 3. The van der Waals surface area contributed by atoms with E-state index in [2.05, 4.69) is 15.5 Å². The van der Waals surface area contributed by atoms with Gasteiger partial charge in [0.05, 0.1) is 18.0 Å². The highest BCUT2D eigenvalue weighted by Gasteiger charge is 2.25. The number of amides is 1. The second kappa shape index (κ2) is 5.66. The van der Waals surface area contributed by atoms with Crippen molar-refractivity contribution in [1.82, 2.24) is 25.1 Å². The van der Waals surface area contributed by atoms with Gasteiger partial charge in [-0.3, -0.25) is 4.79 Å². The minimum absolute atomic E-state index is 0.0965. The molecular formula is C10H17N5O2S. The Labute approximate surface area is 110 Å². The molecule has 1 aliphatic rings. The van der Waals surface area contributed by atoms with Crippen molar-refractivity contribution in [3.8, 4) is 0 Å². The van der Waals surface area contributed by atoms with Crippen LogP contribution < -0.4 is 0 Å². The lowest BCUT2D eigenvalue weighted by Crippen LogP contribution is -2.48. The van der Waals surface area contributed by atoms with Gasteiger partial charge in [-0.1, -0.05) is 11.8 Å². The molecule has 2 rings (SSSR count). The topological polar surface area (TPSA) is 73.1 Å². The van der Waals surface area contributed by atoms with Crippen LogP contribution >= 0.6 is 11.8 Å². The summed E-state index contributed by atoms with van der Waals surface area (Å²) in [5, 5.41) is 11.7. The number of morpholine rings is 1. The highest BCUT2D eigenvalue weighted by atomic mass is 32.2. The monoisotopic (exact) mass is 271 g/mol. The van der Waals surface area contributed by atoms with Crippen LogP contribution in [0.4, 0.5) is 0 Å². The predicted octanol–water partition coefficient (Wildman–Crippen LogP) is -0.0620. The van der Waals surface area contributed by atoms with Crippen molar-refractivity contribution in [3.63, 3.8) is 0 Å². The van der Waals surface area contributed by atoms with Crippen LogP contribution in [-0.4, -0.2) is 62.1 Å². The summed E-state index contributed by atoms with van der Waals surface area (Å²) in [6, 6.07) is 0. The fourth-order valence-electron chi connectivity index (χ4n) is 1.94. The largest absolute Gasteiger partial charge is 0.372 e. The zero-order valence-corrected chi connectivity index (χ0v) is 11.6. The molecule has 0 bridgehead atoms. The Morgan fingerprint density at radius 1 is 1.44 bits per heavy atom. The van der Waals surface area contributed by atoms with E-state index in [1.54, 1.807) is 11.7 Å². The van der Waals surface area contributed by atoms with Gasteiger partial charge in [0.25, 0.3) is 0 Å². The summed E-state index contributed by atoms with van der Waals surface area (Å²) >= 11 is 1.35. The Balaban J connectivity index is 1.86. The number of aryl methyl sites for hydroxylation is 1. The molecule has 1 aromatic rings. The molecule has 2 heterocycles. The predicted molar refractivity (Wildman–Crippen MR) is 66.1 cm³/mol. The fraction of sp³-hybridized carbons (Fsp3) is 0.800. The van der Waals surface area contributed by atoms with Gasteiger partial charge in [-0.2, -0.15) is 0 Å². The maximum atomic E-state index is 12.1. The van der Waals surface area contributed by atoms with Gasteiger partial charge in [0.1, 0.15) is 0 Å². The standard InChI is InChI=1S/C10H17N5O2S/c1-7-4-15(5-8(2)17-7)9(16)6-18-10-11-12-13-14(10)3/h7-8H,4-6H2,1-3H3/t7-,8-/m0/s1. The minimum atomic E-state index is 0.0965. The van der Waals surface area contributed by atoms with E-state index in [4.69, 9.17) is 4.74 Å². The molecule has 2 atom stereocenters. The van der Waals surface area contributed by atoms with Crippen LogP contribution in [0, 0.1) is 0 Å². The summed E-state index contributed by atoms with van der Waals surface area (Å²) in [6.45, 7) is 5.27. The summed E-state index contributed by atoms with van der Waals surface area (Å²) in [5.41, 5.74) is 0. The van der Waals surface area contributed by atoms with Crippen molar-refractivity contribution in [2.75, 3.05) is 18.8 Å². The van der Waals surface area contributed by atoms with Gasteiger partial charge in [-0.15, -0.1) is 5.10 Å². The summed E-state index contributed by atoms with van der Waals surface area (Å²) in [4.78, 5) is 13.9. The molecule has 18 heavy (non-hydrogen) atoms. The number of nitrogens with zero attached hydrogens (tertiary/aromatic N) is 5. The number of ether oxygens (including phenoxy) is 1. The molecule has 0 aliphatic carbocycles. The van der Waals surface area contributed by atoms with E-state index in [-0.39, 0.29) is 18.1 Å². The van der Waals surface area contributed by atoms with Crippen molar-refractivity contribution < 1.29 is 9.53 Å². The SMILES string of the molecule is C[C@H]1CN(C(=O)CSc2nnnn2C)C[C@H](C)O1. The Morgan fingerprint density at radius 3 is 2.67 bits per heavy atom. The Morgan fingerprint density at radius 2 is 2.11 bits per heavy atom. The van der Waals surface area contributed by atoms with Gasteiger partial charge in [-0.25, -0.2) is 4.68 Å². The van der Waals surface area contributed by atoms with E-state index in [1.807, 2.05) is 18.7 Å². The molecule has 100 valence electrons. The first-order chi connectivity index (χ1) is 8.56. The van der Waals surface area contributed by atoms with Gasteiger partial charge in [0.2, 0.25) is 11.1 Å². The van der Waals surface area contributed by atoms with Crippen LogP contribution in [-0.2, 0) is 16.6 Å². The number of hydrogen-bond donors (Lipinski definition) is 0. The molecule has 0 unspecified atom stereocenters. The molecule has 1 aromatic heterocycles. The quantitative estimate of drug-likeness (QED) is 0.717. The van der Waals surface area contributed by atoms with Crippen molar-refractivity contribution in [1.29, 1.82) is 0 Å². The zero-order chi connectivity index (χ0) is 13.1. The summed E-state index contributed by atoms with van der Waals surface area (Å²) in [7, 11) is 1.76. The smallest absolute Gasteiger partial charge is 0.233 e. The van der Waals surface area contributed by atoms with Crippen LogP contribution in [0.2, 0.25) is 0 Å². The first-order valence-electron chi connectivity index (χ1n) is 5.84. The number of tetrazole rings is 1. The van der Waals surface area contributed by atoms with E-state index in [0.29, 0.717) is 24.0 Å². The highest BCUT2D eigenvalue weighted by molar-refractivity contribution is 7.99. The van der Waals surface area contributed by atoms with Gasteiger partial charge in [0, 0.05) is 20.1 Å². The van der Waals surface area contributed by atoms with Crippen LogP contribution in [0.15, 0.2) is 5.16 Å². The van der Waals surface area contributed by atoms with Crippen LogP contribution in [0.5, 0.6) is 0 Å². The van der Waals surface area contributed by atoms with Crippen molar-refractivity contribution in [2.45, 2.75) is 31.2 Å². The van der Waals surface area contributed by atoms with Gasteiger partial charge in [-0.05, 0) is 24.3 Å². The molecular weight excluding hydrogens is 254 g/mol. The third kappa shape index (κ3) is 3.20. The Kier molecular flexibility index (Phi) is 4.18. The van der Waals surface area contributed by atoms with E-state index in [1.165, 1.54) is 11.8 Å². The zero-order valence-electron chi connectivity index (χ0n) is 10.7. The first-order valence-corrected chi connectivity index (χ1v) is 6.83. The van der Waals surface area contributed by atoms with Crippen molar-refractivity contribution in [2.24, 2.45) is 7.05 Å². The van der Waals surface area contributed by atoms with E-state index >= 15 is 0 Å². The average Bonchev–Trinajstić information content (AvgIpc) is 2.70. The third-order valence-electron chi connectivity index (χ3n) is 2.68. The number of carbonyl (C=O) groups is 1. The molecule has 1 amide bonds. The first kappa shape index (κ1) is 13.3. The average molecular weight is 271 g/mol. The maximum absolute atomic E-state index is 12.1. The summed E-state index contributed by atoms with van der Waals surface area (Å²) < 4.78 is 7.16. The fourth-order valence-corrected chi connectivity index (χ4v) is 2.70. The molecule has 7 nitrogen and oxygen atoms in total. The number of aromatic nitrogens is 4. The second-order valence-electron chi connectivity index (χ2n) is 4.43. The maximum Gasteiger partial charge on any atom is 0.233 e. The summed E-state index contributed by atoms with van der Waals surface area (Å²) in [6.07, 6.45) is 0.193. The van der Waals surface area contributed by atoms with Crippen molar-refractivity contribution in [3.05, 3.63) is 0 Å². The summed E-state index contributed by atoms with van der Waals surface area (Å²) in [5.74, 6) is 0.457. The van der Waals surface area contributed by atoms with Crippen LogP contribution in [0.3, 0.4) is 0 Å².